The molecule has 2 unspecified atom stereocenters. The van der Waals surface area contributed by atoms with Crippen LogP contribution in [0.4, 0.5) is 5.69 Å². The van der Waals surface area contributed by atoms with Crippen molar-refractivity contribution in [1.29, 1.82) is 0 Å². The normalized spacial score (nSPS) is 23.1. The fraction of sp³-hybridized carbons (Fsp3) is 0.562. The lowest BCUT2D eigenvalue weighted by atomic mass is 9.80. The predicted octanol–water partition coefficient (Wildman–Crippen LogP) is 3.87. The van der Waals surface area contributed by atoms with E-state index in [9.17, 15) is 0 Å². The highest BCUT2D eigenvalue weighted by atomic mass is 32.1. The van der Waals surface area contributed by atoms with Crippen LogP contribution in [0.25, 0.3) is 0 Å². The van der Waals surface area contributed by atoms with Gasteiger partial charge >= 0.3 is 0 Å². The minimum atomic E-state index is 0.468. The molecule has 2 rings (SSSR count). The molecule has 0 heterocycles. The first-order valence-electron chi connectivity index (χ1n) is 7.22. The summed E-state index contributed by atoms with van der Waals surface area (Å²) < 4.78 is 0. The smallest absolute Gasteiger partial charge is 0.103 e. The minimum Gasteiger partial charge on any atom is -0.389 e. The molecule has 3 N–H and O–H groups in total. The summed E-state index contributed by atoms with van der Waals surface area (Å²) in [6.07, 6.45) is 5.53. The largest absolute Gasteiger partial charge is 0.389 e. The third kappa shape index (κ3) is 3.69. The van der Waals surface area contributed by atoms with Gasteiger partial charge in [0.05, 0.1) is 0 Å². The van der Waals surface area contributed by atoms with Gasteiger partial charge in [0.1, 0.15) is 4.99 Å². The van der Waals surface area contributed by atoms with Crippen molar-refractivity contribution < 1.29 is 0 Å². The Morgan fingerprint density at radius 3 is 2.74 bits per heavy atom. The van der Waals surface area contributed by atoms with Gasteiger partial charge in [-0.15, -0.1) is 0 Å². The standard InChI is InChI=1S/C16H24N2S/c1-11-5-3-4-6-14(11)10-18-15-8-7-13(16(17)19)9-12(15)2/h7-9,11,14,18H,3-6,10H2,1-2H3,(H2,17,19). The first kappa shape index (κ1) is 14.3. The molecule has 1 aromatic rings. The highest BCUT2D eigenvalue weighted by Gasteiger charge is 2.20. The van der Waals surface area contributed by atoms with Gasteiger partial charge in [-0.1, -0.05) is 38.4 Å². The molecule has 3 heteroatoms. The van der Waals surface area contributed by atoms with Crippen molar-refractivity contribution >= 4 is 22.9 Å². The maximum atomic E-state index is 5.65. The van der Waals surface area contributed by atoms with Gasteiger partial charge in [-0.3, -0.25) is 0 Å². The maximum Gasteiger partial charge on any atom is 0.103 e. The highest BCUT2D eigenvalue weighted by Crippen LogP contribution is 2.30. The maximum absolute atomic E-state index is 5.65. The van der Waals surface area contributed by atoms with E-state index >= 15 is 0 Å². The van der Waals surface area contributed by atoms with E-state index in [0.29, 0.717) is 4.99 Å². The van der Waals surface area contributed by atoms with Gasteiger partial charge in [0, 0.05) is 17.8 Å². The summed E-state index contributed by atoms with van der Waals surface area (Å²) in [5.74, 6) is 1.65. The van der Waals surface area contributed by atoms with E-state index in [-0.39, 0.29) is 0 Å². The van der Waals surface area contributed by atoms with Crippen LogP contribution in [-0.2, 0) is 0 Å². The van der Waals surface area contributed by atoms with Crippen LogP contribution in [0, 0.1) is 18.8 Å². The Morgan fingerprint density at radius 2 is 2.11 bits per heavy atom. The van der Waals surface area contributed by atoms with Gasteiger partial charge in [-0.05, 0) is 48.9 Å². The molecule has 0 bridgehead atoms. The monoisotopic (exact) mass is 276 g/mol. The molecule has 1 aliphatic rings. The molecule has 0 aromatic heterocycles. The number of nitrogens with two attached hydrogens (primary N) is 1. The van der Waals surface area contributed by atoms with E-state index < -0.39 is 0 Å². The molecule has 2 nitrogen and oxygen atoms in total. The van der Waals surface area contributed by atoms with Gasteiger partial charge in [0.25, 0.3) is 0 Å². The van der Waals surface area contributed by atoms with Crippen molar-refractivity contribution in [3.63, 3.8) is 0 Å². The number of anilines is 1. The zero-order valence-corrected chi connectivity index (χ0v) is 12.7. The van der Waals surface area contributed by atoms with Crippen molar-refractivity contribution in [3.05, 3.63) is 29.3 Å². The van der Waals surface area contributed by atoms with Crippen molar-refractivity contribution in [2.45, 2.75) is 39.5 Å². The number of hydrogen-bond donors (Lipinski definition) is 2. The topological polar surface area (TPSA) is 38.0 Å². The third-order valence-corrected chi connectivity index (χ3v) is 4.59. The summed E-state index contributed by atoms with van der Waals surface area (Å²) in [5, 5.41) is 3.60. The molecule has 1 fully saturated rings. The van der Waals surface area contributed by atoms with E-state index in [4.69, 9.17) is 18.0 Å². The Bertz CT molecular complexity index is 456. The van der Waals surface area contributed by atoms with Crippen LogP contribution in [-0.4, -0.2) is 11.5 Å². The second kappa shape index (κ2) is 6.38. The average molecular weight is 276 g/mol. The lowest BCUT2D eigenvalue weighted by Crippen LogP contribution is -2.24. The fourth-order valence-electron chi connectivity index (χ4n) is 2.95. The molecule has 1 aliphatic carbocycles. The first-order valence-corrected chi connectivity index (χ1v) is 7.63. The molecule has 1 saturated carbocycles. The van der Waals surface area contributed by atoms with Crippen LogP contribution in [0.5, 0.6) is 0 Å². The van der Waals surface area contributed by atoms with Gasteiger partial charge in [0.2, 0.25) is 0 Å². The summed E-state index contributed by atoms with van der Waals surface area (Å²) in [4.78, 5) is 0.468. The molecule has 0 saturated heterocycles. The summed E-state index contributed by atoms with van der Waals surface area (Å²) in [5.41, 5.74) is 9.02. The van der Waals surface area contributed by atoms with Crippen molar-refractivity contribution in [2.75, 3.05) is 11.9 Å². The van der Waals surface area contributed by atoms with Gasteiger partial charge in [-0.2, -0.15) is 0 Å². The van der Waals surface area contributed by atoms with E-state index in [0.717, 1.165) is 23.9 Å². The van der Waals surface area contributed by atoms with Crippen molar-refractivity contribution in [3.8, 4) is 0 Å². The Labute approximate surface area is 121 Å². The summed E-state index contributed by atoms with van der Waals surface area (Å²) in [6.45, 7) is 5.57. The quantitative estimate of drug-likeness (QED) is 0.820. The predicted molar refractivity (Wildman–Crippen MR) is 86.7 cm³/mol. The summed E-state index contributed by atoms with van der Waals surface area (Å²) in [6, 6.07) is 6.16. The van der Waals surface area contributed by atoms with Crippen molar-refractivity contribution in [1.82, 2.24) is 0 Å². The van der Waals surface area contributed by atoms with E-state index in [1.807, 2.05) is 6.07 Å². The van der Waals surface area contributed by atoms with Crippen LogP contribution >= 0.6 is 12.2 Å². The van der Waals surface area contributed by atoms with Crippen LogP contribution in [0.3, 0.4) is 0 Å². The molecule has 0 amide bonds. The lowest BCUT2D eigenvalue weighted by molar-refractivity contribution is 0.268. The number of hydrogen-bond acceptors (Lipinski definition) is 2. The van der Waals surface area contributed by atoms with Gasteiger partial charge < -0.3 is 11.1 Å². The molecule has 0 aliphatic heterocycles. The molecule has 19 heavy (non-hydrogen) atoms. The SMILES string of the molecule is Cc1cc(C(N)=S)ccc1NCC1CCCCC1C. The van der Waals surface area contributed by atoms with Gasteiger partial charge in [-0.25, -0.2) is 0 Å². The molecule has 2 atom stereocenters. The molecular formula is C16H24N2S. The zero-order valence-electron chi connectivity index (χ0n) is 11.9. The number of nitrogens with one attached hydrogen (secondary N) is 1. The molecule has 104 valence electrons. The number of benzene rings is 1. The third-order valence-electron chi connectivity index (χ3n) is 4.35. The van der Waals surface area contributed by atoms with E-state index in [2.05, 4.69) is 31.3 Å². The molecule has 0 radical (unpaired) electrons. The first-order chi connectivity index (χ1) is 9.08. The second-order valence-electron chi connectivity index (χ2n) is 5.80. The number of thiocarbonyl (C=S) groups is 1. The van der Waals surface area contributed by atoms with Crippen molar-refractivity contribution in [2.24, 2.45) is 17.6 Å². The number of rotatable bonds is 4. The number of aryl methyl sites for hydroxylation is 1. The van der Waals surface area contributed by atoms with E-state index in [1.54, 1.807) is 0 Å². The summed E-state index contributed by atoms with van der Waals surface area (Å²) in [7, 11) is 0. The molecular weight excluding hydrogens is 252 g/mol. The molecule has 1 aromatic carbocycles. The second-order valence-corrected chi connectivity index (χ2v) is 6.24. The Balaban J connectivity index is 1.97. The lowest BCUT2D eigenvalue weighted by Gasteiger charge is -2.29. The molecule has 0 spiro atoms. The Hall–Kier alpha value is -1.09. The van der Waals surface area contributed by atoms with Crippen LogP contribution in [0.15, 0.2) is 18.2 Å². The highest BCUT2D eigenvalue weighted by molar-refractivity contribution is 7.80. The van der Waals surface area contributed by atoms with Crippen LogP contribution < -0.4 is 11.1 Å². The van der Waals surface area contributed by atoms with E-state index in [1.165, 1.54) is 36.9 Å². The Morgan fingerprint density at radius 1 is 1.37 bits per heavy atom. The van der Waals surface area contributed by atoms with Gasteiger partial charge in [0.15, 0.2) is 0 Å². The minimum absolute atomic E-state index is 0.468. The van der Waals surface area contributed by atoms with Crippen LogP contribution in [0.2, 0.25) is 0 Å². The van der Waals surface area contributed by atoms with Crippen LogP contribution in [0.1, 0.15) is 43.7 Å². The average Bonchev–Trinajstić information content (AvgIpc) is 2.39. The Kier molecular flexibility index (Phi) is 4.81. The fourth-order valence-corrected chi connectivity index (χ4v) is 3.08. The summed E-state index contributed by atoms with van der Waals surface area (Å²) >= 11 is 5.00. The zero-order chi connectivity index (χ0) is 13.8.